The second-order valence-corrected chi connectivity index (χ2v) is 14.9. The summed E-state index contributed by atoms with van der Waals surface area (Å²) in [4.78, 5) is 52.2. The average molecular weight is 786 g/mol. The van der Waals surface area contributed by atoms with Crippen molar-refractivity contribution in [2.24, 2.45) is 0 Å². The third kappa shape index (κ3) is 8.04. The molecular formula is C41H44N3O11P. The molecule has 1 aromatic heterocycles. The summed E-state index contributed by atoms with van der Waals surface area (Å²) in [6, 6.07) is 33.2. The summed E-state index contributed by atoms with van der Waals surface area (Å²) in [5.74, 6) is 0.593. The summed E-state index contributed by atoms with van der Waals surface area (Å²) in [6.45, 7) is 1.28. The summed E-state index contributed by atoms with van der Waals surface area (Å²) in [6.07, 6.45) is -2.71. The van der Waals surface area contributed by atoms with Gasteiger partial charge >= 0.3 is 13.3 Å². The van der Waals surface area contributed by atoms with Gasteiger partial charge in [0.2, 0.25) is 5.34 Å². The molecule has 0 bridgehead atoms. The number of nitrogens with one attached hydrogen (secondary N) is 1. The van der Waals surface area contributed by atoms with Crippen LogP contribution in [-0.2, 0) is 24.4 Å². The van der Waals surface area contributed by atoms with Crippen LogP contribution in [0.15, 0.2) is 126 Å². The molecule has 6 rings (SSSR count). The van der Waals surface area contributed by atoms with Crippen LogP contribution in [0.5, 0.6) is 11.5 Å². The van der Waals surface area contributed by atoms with Crippen molar-refractivity contribution in [3.05, 3.63) is 154 Å². The molecule has 5 aromatic rings. The zero-order valence-electron chi connectivity index (χ0n) is 31.1. The largest absolute Gasteiger partial charge is 0.497 e. The predicted octanol–water partition coefficient (Wildman–Crippen LogP) is 5.47. The Morgan fingerprint density at radius 2 is 1.43 bits per heavy atom. The van der Waals surface area contributed by atoms with Crippen LogP contribution in [0.1, 0.15) is 53.0 Å². The van der Waals surface area contributed by atoms with Gasteiger partial charge in [-0.25, -0.2) is 4.79 Å². The summed E-state index contributed by atoms with van der Waals surface area (Å²) in [7, 11) is -2.45. The lowest BCUT2D eigenvalue weighted by molar-refractivity contribution is -0.106. The minimum Gasteiger partial charge on any atom is -0.497 e. The van der Waals surface area contributed by atoms with Crippen molar-refractivity contribution < 1.29 is 47.9 Å². The number of aliphatic hydroxyl groups is 1. The number of carbonyl (C=O) groups is 1. The highest BCUT2D eigenvalue weighted by molar-refractivity contribution is 7.53. The molecular weight excluding hydrogens is 741 g/mol. The minimum absolute atomic E-state index is 0.0179. The first kappa shape index (κ1) is 40.5. The number of hydrogen-bond donors (Lipinski definition) is 4. The first-order valence-corrected chi connectivity index (χ1v) is 19.6. The summed E-state index contributed by atoms with van der Waals surface area (Å²) in [5, 5.41) is 11.9. The van der Waals surface area contributed by atoms with Crippen molar-refractivity contribution >= 4 is 19.3 Å². The highest BCUT2D eigenvalue weighted by Gasteiger charge is 2.67. The Kier molecular flexibility index (Phi) is 12.5. The highest BCUT2D eigenvalue weighted by Crippen LogP contribution is 2.60. The molecule has 14 nitrogen and oxygen atoms in total. The Morgan fingerprint density at radius 1 is 0.875 bits per heavy atom. The fraction of sp³-hybridized carbons (Fsp3) is 0.293. The summed E-state index contributed by atoms with van der Waals surface area (Å²) in [5.41, 5.74) is -0.162. The first-order chi connectivity index (χ1) is 27.0. The van der Waals surface area contributed by atoms with Gasteiger partial charge in [-0.15, -0.1) is 0 Å². The molecule has 0 saturated carbocycles. The number of amides is 1. The maximum absolute atomic E-state index is 13.6. The number of unbranched alkanes of at least 4 members (excludes halogenated alkanes) is 1. The van der Waals surface area contributed by atoms with Crippen molar-refractivity contribution in [1.82, 2.24) is 9.55 Å². The van der Waals surface area contributed by atoms with Crippen LogP contribution < -0.4 is 20.5 Å². The van der Waals surface area contributed by atoms with Crippen LogP contribution in [0.3, 0.4) is 0 Å². The fourth-order valence-corrected chi connectivity index (χ4v) is 7.79. The third-order valence-corrected chi connectivity index (χ3v) is 11.2. The Labute approximate surface area is 323 Å². The van der Waals surface area contributed by atoms with Gasteiger partial charge in [0, 0.05) is 18.4 Å². The molecule has 0 radical (unpaired) electrons. The van der Waals surface area contributed by atoms with Gasteiger partial charge in [0.15, 0.2) is 6.23 Å². The molecule has 0 spiro atoms. The van der Waals surface area contributed by atoms with Crippen LogP contribution >= 0.6 is 7.60 Å². The lowest BCUT2D eigenvalue weighted by Gasteiger charge is -2.39. The zero-order chi connectivity index (χ0) is 39.9. The number of methoxy groups -OCH3 is 2. The Morgan fingerprint density at radius 3 is 1.95 bits per heavy atom. The topological polar surface area (TPSA) is 188 Å². The SMILES string of the molecule is CCCCO[C@H]1[C@H](n2ccc(NC(=O)c3ccccc3)nc2=O)O[C@H](COC(c2ccccc2)(c2ccc(OC)cc2)c2ccc(OC)cc2)[C@]1(O)P(=O)(O)O. The molecule has 1 fully saturated rings. The number of benzene rings is 4. The standard InChI is InChI=1S/C41H44N3O11P/c1-4-5-26-53-36-38(44-25-24-35(43-39(44)46)42-37(45)28-12-8-6-9-13-28)55-34(41(36,47)56(48,49)50)27-54-40(29-14-10-7-11-15-29,30-16-20-32(51-2)21-17-30)31-18-22-33(52-3)23-19-31/h6-25,34,36,38,47H,4-5,26-27H2,1-3H3,(H2,48,49,50)(H,42,43,45,46)/t34-,36+,38-,41+/m1/s1. The normalized spacial score (nSPS) is 19.7. The quantitative estimate of drug-likeness (QED) is 0.0562. The molecule has 4 aromatic carbocycles. The van der Waals surface area contributed by atoms with E-state index in [0.717, 1.165) is 4.57 Å². The number of anilines is 1. The molecule has 0 unspecified atom stereocenters. The van der Waals surface area contributed by atoms with E-state index in [2.05, 4.69) is 10.3 Å². The molecule has 1 saturated heterocycles. The maximum atomic E-state index is 13.6. The van der Waals surface area contributed by atoms with Gasteiger partial charge in [0.25, 0.3) is 5.91 Å². The van der Waals surface area contributed by atoms with E-state index in [9.17, 15) is 29.0 Å². The van der Waals surface area contributed by atoms with Crippen molar-refractivity contribution in [1.29, 1.82) is 0 Å². The second kappa shape index (κ2) is 17.3. The van der Waals surface area contributed by atoms with Crippen LogP contribution in [0, 0.1) is 0 Å². The van der Waals surface area contributed by atoms with E-state index in [1.807, 2.05) is 61.5 Å². The minimum atomic E-state index is -5.54. The molecule has 1 amide bonds. The van der Waals surface area contributed by atoms with Crippen molar-refractivity contribution in [3.8, 4) is 11.5 Å². The summed E-state index contributed by atoms with van der Waals surface area (Å²) < 4.78 is 44.5. The molecule has 4 atom stereocenters. The van der Waals surface area contributed by atoms with Gasteiger partial charge in [0.1, 0.15) is 35.1 Å². The Bertz CT molecular complexity index is 2130. The van der Waals surface area contributed by atoms with E-state index in [-0.39, 0.29) is 12.4 Å². The van der Waals surface area contributed by atoms with Gasteiger partial charge in [-0.2, -0.15) is 4.98 Å². The van der Waals surface area contributed by atoms with E-state index in [4.69, 9.17) is 23.7 Å². The van der Waals surface area contributed by atoms with Gasteiger partial charge in [-0.05, 0) is 65.6 Å². The zero-order valence-corrected chi connectivity index (χ0v) is 32.0. The first-order valence-electron chi connectivity index (χ1n) is 18.0. The van der Waals surface area contributed by atoms with E-state index >= 15 is 0 Å². The van der Waals surface area contributed by atoms with E-state index < -0.39 is 55.2 Å². The van der Waals surface area contributed by atoms with Crippen LogP contribution in [-0.4, -0.2) is 75.3 Å². The molecule has 2 heterocycles. The predicted molar refractivity (Wildman–Crippen MR) is 207 cm³/mol. The highest BCUT2D eigenvalue weighted by atomic mass is 31.2. The number of nitrogens with zero attached hydrogens (tertiary/aromatic N) is 2. The number of ether oxygens (including phenoxy) is 5. The fourth-order valence-electron chi connectivity index (χ4n) is 6.75. The molecule has 4 N–H and O–H groups in total. The average Bonchev–Trinajstić information content (AvgIpc) is 3.51. The van der Waals surface area contributed by atoms with E-state index in [1.54, 1.807) is 68.8 Å². The van der Waals surface area contributed by atoms with Gasteiger partial charge < -0.3 is 43.9 Å². The van der Waals surface area contributed by atoms with E-state index in [1.165, 1.54) is 12.3 Å². The molecule has 0 aliphatic carbocycles. The maximum Gasteiger partial charge on any atom is 0.362 e. The van der Waals surface area contributed by atoms with Gasteiger partial charge in [-0.3, -0.25) is 13.9 Å². The Hall–Kier alpha value is -5.18. The molecule has 15 heteroatoms. The van der Waals surface area contributed by atoms with Crippen molar-refractivity contribution in [2.75, 3.05) is 32.8 Å². The van der Waals surface area contributed by atoms with Crippen LogP contribution in [0.25, 0.3) is 0 Å². The van der Waals surface area contributed by atoms with Gasteiger partial charge in [0.05, 0.1) is 20.8 Å². The number of aromatic nitrogens is 2. The molecule has 1 aliphatic rings. The van der Waals surface area contributed by atoms with Gasteiger partial charge in [-0.1, -0.05) is 86.1 Å². The smallest absolute Gasteiger partial charge is 0.362 e. The summed E-state index contributed by atoms with van der Waals surface area (Å²) >= 11 is 0. The molecule has 294 valence electrons. The molecule has 1 aliphatic heterocycles. The second-order valence-electron chi connectivity index (χ2n) is 13.1. The molecule has 56 heavy (non-hydrogen) atoms. The van der Waals surface area contributed by atoms with Crippen molar-refractivity contribution in [3.63, 3.8) is 0 Å². The van der Waals surface area contributed by atoms with Crippen LogP contribution in [0.2, 0.25) is 0 Å². The monoisotopic (exact) mass is 785 g/mol. The number of hydrogen-bond acceptors (Lipinski definition) is 10. The number of rotatable bonds is 16. The number of carbonyl (C=O) groups excluding carboxylic acids is 1. The lowest BCUT2D eigenvalue weighted by Crippen LogP contribution is -2.51. The van der Waals surface area contributed by atoms with Crippen molar-refractivity contribution in [2.45, 2.75) is 49.1 Å². The third-order valence-electron chi connectivity index (χ3n) is 9.72. The van der Waals surface area contributed by atoms with E-state index in [0.29, 0.717) is 46.6 Å². The lowest BCUT2D eigenvalue weighted by atomic mass is 9.80. The van der Waals surface area contributed by atoms with Crippen LogP contribution in [0.4, 0.5) is 5.82 Å². The Balaban J connectivity index is 1.43.